The molecule has 0 saturated carbocycles. The molecule has 0 aliphatic carbocycles. The molecule has 2 atom stereocenters. The van der Waals surface area contributed by atoms with E-state index >= 15 is 0 Å². The Labute approximate surface area is 261 Å². The Morgan fingerprint density at radius 2 is 0.952 bits per heavy atom. The average Bonchev–Trinajstić information content (AvgIpc) is 3.03. The van der Waals surface area contributed by atoms with Crippen molar-refractivity contribution in [2.24, 2.45) is 11.5 Å². The molecule has 8 nitrogen and oxygen atoms in total. The molecule has 2 fully saturated rings. The maximum absolute atomic E-state index is 12.2. The number of halogens is 2. The smallest absolute Gasteiger partial charge is 0.239 e. The fourth-order valence-corrected chi connectivity index (χ4v) is 5.38. The summed E-state index contributed by atoms with van der Waals surface area (Å²) in [5, 5.41) is 8.12. The van der Waals surface area contributed by atoms with E-state index in [9.17, 15) is 9.59 Å². The van der Waals surface area contributed by atoms with Crippen LogP contribution in [0.25, 0.3) is 0 Å². The first-order chi connectivity index (χ1) is 20.3. The summed E-state index contributed by atoms with van der Waals surface area (Å²) in [4.78, 5) is 28.1. The van der Waals surface area contributed by atoms with Gasteiger partial charge in [0.2, 0.25) is 11.8 Å². The Kier molecular flexibility index (Phi) is 15.6. The summed E-state index contributed by atoms with van der Waals surface area (Å²) in [5.74, 6) is 0.200. The summed E-state index contributed by atoms with van der Waals surface area (Å²) in [7, 11) is 0. The number of nitrogens with two attached hydrogens (primary N) is 2. The summed E-state index contributed by atoms with van der Waals surface area (Å²) in [5.41, 5.74) is 14.3. The van der Waals surface area contributed by atoms with Crippen molar-refractivity contribution in [1.82, 2.24) is 20.4 Å². The van der Waals surface area contributed by atoms with Crippen LogP contribution in [0.3, 0.4) is 0 Å². The molecule has 2 heterocycles. The maximum atomic E-state index is 12.2. The molecule has 6 N–H and O–H groups in total. The van der Waals surface area contributed by atoms with Crippen molar-refractivity contribution in [3.63, 3.8) is 0 Å². The second kappa shape index (κ2) is 19.2. The molecule has 0 radical (unpaired) electrons. The Morgan fingerprint density at radius 1 is 0.619 bits per heavy atom. The predicted octanol–water partition coefficient (Wildman–Crippen LogP) is 4.32. The van der Waals surface area contributed by atoms with Gasteiger partial charge >= 0.3 is 0 Å². The van der Waals surface area contributed by atoms with E-state index in [1.807, 2.05) is 58.3 Å². The number of carbonyl (C=O) groups is 2. The number of amides is 2. The second-order valence-electron chi connectivity index (χ2n) is 11.2. The zero-order valence-corrected chi connectivity index (χ0v) is 26.2. The van der Waals surface area contributed by atoms with Gasteiger partial charge in [-0.1, -0.05) is 47.5 Å². The fourth-order valence-electron chi connectivity index (χ4n) is 5.13. The standard InChI is InChI=1S/2C16H24ClN3O/c2*17-14-6-4-13(5-7-14)12-19-9-8-15(18)16(21)20-10-2-1-3-11-20/h2*4-7,15,19H,1-3,8-12,18H2/t2*15-/m00/s1. The van der Waals surface area contributed by atoms with E-state index < -0.39 is 0 Å². The molecule has 0 unspecified atom stereocenters. The van der Waals surface area contributed by atoms with Crippen molar-refractivity contribution in [2.45, 2.75) is 76.5 Å². The van der Waals surface area contributed by atoms with Gasteiger partial charge in [-0.25, -0.2) is 0 Å². The van der Waals surface area contributed by atoms with Crippen LogP contribution in [-0.2, 0) is 22.7 Å². The SMILES string of the molecule is N[C@@H](CCNCc1ccc(Cl)cc1)C(=O)N1CCCCC1.N[C@@H](CCNCc1ccc(Cl)cc1)C(=O)N1CCCCC1. The van der Waals surface area contributed by atoms with Crippen LogP contribution in [0.4, 0.5) is 0 Å². The quantitative estimate of drug-likeness (QED) is 0.263. The van der Waals surface area contributed by atoms with Gasteiger partial charge in [-0.05, 0) is 99.8 Å². The molecular formula is C32H48Cl2N6O2. The van der Waals surface area contributed by atoms with Crippen molar-refractivity contribution >= 4 is 35.0 Å². The highest BCUT2D eigenvalue weighted by molar-refractivity contribution is 6.30. The summed E-state index contributed by atoms with van der Waals surface area (Å²) in [6, 6.07) is 14.7. The normalized spacial score (nSPS) is 16.8. The Balaban J connectivity index is 0.000000230. The molecule has 0 aromatic heterocycles. The van der Waals surface area contributed by atoms with Crippen molar-refractivity contribution in [2.75, 3.05) is 39.3 Å². The molecule has 10 heteroatoms. The lowest BCUT2D eigenvalue weighted by atomic mass is 10.1. The zero-order valence-electron chi connectivity index (χ0n) is 24.7. The molecule has 2 aliphatic rings. The lowest BCUT2D eigenvalue weighted by molar-refractivity contribution is -0.134. The van der Waals surface area contributed by atoms with Gasteiger partial charge in [-0.2, -0.15) is 0 Å². The maximum Gasteiger partial charge on any atom is 0.239 e. The number of benzene rings is 2. The number of hydrogen-bond donors (Lipinski definition) is 4. The van der Waals surface area contributed by atoms with Crippen LogP contribution in [0.1, 0.15) is 62.5 Å². The minimum atomic E-state index is -0.388. The molecule has 42 heavy (non-hydrogen) atoms. The molecule has 0 bridgehead atoms. The molecular weight excluding hydrogens is 571 g/mol. The monoisotopic (exact) mass is 618 g/mol. The van der Waals surface area contributed by atoms with E-state index in [2.05, 4.69) is 10.6 Å². The van der Waals surface area contributed by atoms with E-state index in [4.69, 9.17) is 34.7 Å². The number of rotatable bonds is 12. The van der Waals surface area contributed by atoms with E-state index in [-0.39, 0.29) is 23.9 Å². The third-order valence-corrected chi connectivity index (χ3v) is 8.22. The van der Waals surface area contributed by atoms with Crippen LogP contribution in [0.15, 0.2) is 48.5 Å². The minimum Gasteiger partial charge on any atom is -0.341 e. The van der Waals surface area contributed by atoms with Crippen LogP contribution < -0.4 is 22.1 Å². The van der Waals surface area contributed by atoms with Gasteiger partial charge in [-0.3, -0.25) is 9.59 Å². The van der Waals surface area contributed by atoms with Crippen molar-refractivity contribution in [3.8, 4) is 0 Å². The summed E-state index contributed by atoms with van der Waals surface area (Å²) < 4.78 is 0. The average molecular weight is 620 g/mol. The van der Waals surface area contributed by atoms with Gasteiger partial charge in [0, 0.05) is 49.3 Å². The minimum absolute atomic E-state index is 0.1000. The largest absolute Gasteiger partial charge is 0.341 e. The first kappa shape index (κ1) is 34.3. The summed E-state index contributed by atoms with van der Waals surface area (Å²) in [6.45, 7) is 6.47. The van der Waals surface area contributed by atoms with Crippen LogP contribution >= 0.6 is 23.2 Å². The topological polar surface area (TPSA) is 117 Å². The van der Waals surface area contributed by atoms with Crippen LogP contribution in [0.2, 0.25) is 10.0 Å². The van der Waals surface area contributed by atoms with Gasteiger partial charge in [0.15, 0.2) is 0 Å². The Hall–Kier alpha value is -2.20. The van der Waals surface area contributed by atoms with Crippen LogP contribution in [0, 0.1) is 0 Å². The van der Waals surface area contributed by atoms with E-state index in [1.54, 1.807) is 0 Å². The van der Waals surface area contributed by atoms with Crippen LogP contribution in [0.5, 0.6) is 0 Å². The van der Waals surface area contributed by atoms with E-state index in [1.165, 1.54) is 24.0 Å². The first-order valence-corrected chi connectivity index (χ1v) is 16.1. The Morgan fingerprint density at radius 3 is 1.29 bits per heavy atom. The van der Waals surface area contributed by atoms with Gasteiger partial charge < -0.3 is 31.9 Å². The highest BCUT2D eigenvalue weighted by Crippen LogP contribution is 2.13. The lowest BCUT2D eigenvalue weighted by Gasteiger charge is -2.29. The zero-order chi connectivity index (χ0) is 30.2. The van der Waals surface area contributed by atoms with Gasteiger partial charge in [0.05, 0.1) is 12.1 Å². The fraction of sp³-hybridized carbons (Fsp3) is 0.562. The summed E-state index contributed by atoms with van der Waals surface area (Å²) >= 11 is 11.7. The first-order valence-electron chi connectivity index (χ1n) is 15.3. The lowest BCUT2D eigenvalue weighted by Crippen LogP contribution is -2.46. The second-order valence-corrected chi connectivity index (χ2v) is 12.0. The molecule has 2 saturated heterocycles. The Bertz CT molecular complexity index is 972. The van der Waals surface area contributed by atoms with Crippen molar-refractivity contribution < 1.29 is 9.59 Å². The van der Waals surface area contributed by atoms with E-state index in [0.29, 0.717) is 12.8 Å². The molecule has 232 valence electrons. The molecule has 4 rings (SSSR count). The number of likely N-dealkylation sites (tertiary alicyclic amines) is 2. The molecule has 2 aromatic rings. The van der Waals surface area contributed by atoms with E-state index in [0.717, 1.165) is 88.1 Å². The van der Waals surface area contributed by atoms with Gasteiger partial charge in [-0.15, -0.1) is 0 Å². The number of nitrogens with zero attached hydrogens (tertiary/aromatic N) is 2. The third kappa shape index (κ3) is 12.6. The third-order valence-electron chi connectivity index (χ3n) is 7.72. The van der Waals surface area contributed by atoms with Crippen molar-refractivity contribution in [3.05, 3.63) is 69.7 Å². The number of nitrogens with one attached hydrogen (secondary N) is 2. The summed E-state index contributed by atoms with van der Waals surface area (Å²) in [6.07, 6.45) is 8.20. The van der Waals surface area contributed by atoms with Gasteiger partial charge in [0.1, 0.15) is 0 Å². The molecule has 2 aliphatic heterocycles. The van der Waals surface area contributed by atoms with Crippen LogP contribution in [-0.4, -0.2) is 73.0 Å². The van der Waals surface area contributed by atoms with Gasteiger partial charge in [0.25, 0.3) is 0 Å². The number of carbonyl (C=O) groups excluding carboxylic acids is 2. The molecule has 2 aromatic carbocycles. The highest BCUT2D eigenvalue weighted by Gasteiger charge is 2.23. The molecule has 0 spiro atoms. The number of hydrogen-bond acceptors (Lipinski definition) is 6. The van der Waals surface area contributed by atoms with Crippen molar-refractivity contribution in [1.29, 1.82) is 0 Å². The highest BCUT2D eigenvalue weighted by atomic mass is 35.5. The molecule has 2 amide bonds. The number of piperidine rings is 2. The predicted molar refractivity (Wildman–Crippen MR) is 172 cm³/mol.